The number of hydrogen-bond donors (Lipinski definition) is 0. The van der Waals surface area contributed by atoms with Gasteiger partial charge in [0.25, 0.3) is 0 Å². The monoisotopic (exact) mass is 316 g/mol. The van der Waals surface area contributed by atoms with E-state index in [2.05, 4.69) is 0 Å². The van der Waals surface area contributed by atoms with Gasteiger partial charge in [0.15, 0.2) is 0 Å². The van der Waals surface area contributed by atoms with Crippen LogP contribution in [0.25, 0.3) is 0 Å². The summed E-state index contributed by atoms with van der Waals surface area (Å²) in [7, 11) is 0. The number of alkyl halides is 3. The molecule has 1 heterocycles. The van der Waals surface area contributed by atoms with Gasteiger partial charge in [-0.1, -0.05) is 0 Å². The van der Waals surface area contributed by atoms with Gasteiger partial charge in [-0.05, 0) is 0 Å². The molecule has 1 aliphatic rings. The van der Waals surface area contributed by atoms with Crippen LogP contribution < -0.4 is 5.30 Å². The minimum absolute atomic E-state index is 0.485. The Morgan fingerprint density at radius 2 is 1.61 bits per heavy atom. The van der Waals surface area contributed by atoms with Crippen LogP contribution >= 0.6 is 27.8 Å². The van der Waals surface area contributed by atoms with E-state index in [1.807, 2.05) is 0 Å². The van der Waals surface area contributed by atoms with Gasteiger partial charge in [-0.15, -0.1) is 0 Å². The molecule has 0 saturated carbocycles. The molecule has 0 atom stereocenters. The van der Waals surface area contributed by atoms with Gasteiger partial charge in [-0.3, -0.25) is 0 Å². The van der Waals surface area contributed by atoms with Gasteiger partial charge in [0.1, 0.15) is 0 Å². The molecular weight excluding hydrogens is 303 g/mol. The van der Waals surface area contributed by atoms with E-state index in [1.54, 1.807) is 6.07 Å². The Hall–Kier alpha value is 0.0200. The van der Waals surface area contributed by atoms with Crippen LogP contribution in [0.1, 0.15) is 24.8 Å². The molecule has 102 valence electrons. The quantitative estimate of drug-likeness (QED) is 0.610. The maximum absolute atomic E-state index is 12.7. The first-order valence-corrected chi connectivity index (χ1v) is 10.2. The summed E-state index contributed by atoms with van der Waals surface area (Å²) >= 11 is 13.2. The van der Waals surface area contributed by atoms with Crippen molar-refractivity contribution in [2.24, 2.45) is 0 Å². The Morgan fingerprint density at radius 3 is 2.17 bits per heavy atom. The summed E-state index contributed by atoms with van der Waals surface area (Å²) in [4.78, 5) is 0. The van der Waals surface area contributed by atoms with Gasteiger partial charge < -0.3 is 0 Å². The zero-order valence-electron chi connectivity index (χ0n) is 9.68. The fourth-order valence-electron chi connectivity index (χ4n) is 2.38. The van der Waals surface area contributed by atoms with Crippen LogP contribution in [0.5, 0.6) is 0 Å². The summed E-state index contributed by atoms with van der Waals surface area (Å²) in [6.07, 6.45) is -0.275. The summed E-state index contributed by atoms with van der Waals surface area (Å²) < 4.78 is 38.1. The molecule has 0 nitrogen and oxygen atoms in total. The SMILES string of the molecule is FC(F)(F)c1cccc(P2(Cl)(Cl)CCCCC2)c1. The third-order valence-corrected chi connectivity index (χ3v) is 10.4. The van der Waals surface area contributed by atoms with Crippen molar-refractivity contribution >= 4 is 33.1 Å². The standard InChI is InChI=1S/C12H14Cl2F3P/c13-18(14,7-2-1-3-8-18)11-6-4-5-10(9-11)12(15,16)17/h4-6,9H,1-3,7-8H2. The fourth-order valence-corrected chi connectivity index (χ4v) is 7.70. The molecule has 1 fully saturated rings. The van der Waals surface area contributed by atoms with Gasteiger partial charge >= 0.3 is 114 Å². The number of rotatable bonds is 1. The molecule has 1 aliphatic heterocycles. The van der Waals surface area contributed by atoms with E-state index in [0.717, 1.165) is 31.4 Å². The summed E-state index contributed by atoms with van der Waals surface area (Å²) in [6, 6.07) is 5.22. The zero-order chi connectivity index (χ0) is 13.5. The van der Waals surface area contributed by atoms with Crippen LogP contribution in [-0.2, 0) is 6.18 Å². The Bertz CT molecular complexity index is 447. The topological polar surface area (TPSA) is 0 Å². The number of hydrogen-bond acceptors (Lipinski definition) is 0. The second kappa shape index (κ2) is 4.54. The molecule has 1 aromatic carbocycles. The normalized spacial score (nSPS) is 25.1. The number of benzene rings is 1. The second-order valence-corrected chi connectivity index (χ2v) is 14.1. The molecule has 1 aromatic rings. The van der Waals surface area contributed by atoms with Crippen molar-refractivity contribution in [1.82, 2.24) is 0 Å². The van der Waals surface area contributed by atoms with Gasteiger partial charge in [0.2, 0.25) is 0 Å². The Kier molecular flexibility index (Phi) is 3.64. The minimum atomic E-state index is -4.35. The first-order chi connectivity index (χ1) is 8.21. The third-order valence-electron chi connectivity index (χ3n) is 3.43. The molecule has 6 heteroatoms. The van der Waals surface area contributed by atoms with Gasteiger partial charge in [0.05, 0.1) is 0 Å². The van der Waals surface area contributed by atoms with E-state index in [1.165, 1.54) is 6.07 Å². The van der Waals surface area contributed by atoms with Gasteiger partial charge in [-0.25, -0.2) is 0 Å². The predicted octanol–water partition coefficient (Wildman–Crippen LogP) is 5.38. The van der Waals surface area contributed by atoms with Crippen LogP contribution in [0, 0.1) is 0 Å². The fraction of sp³-hybridized carbons (Fsp3) is 0.500. The van der Waals surface area contributed by atoms with Crippen molar-refractivity contribution in [3.63, 3.8) is 0 Å². The summed E-state index contributed by atoms with van der Waals surface area (Å²) in [5.41, 5.74) is -0.670. The average molecular weight is 317 g/mol. The summed E-state index contributed by atoms with van der Waals surface area (Å²) in [5.74, 6) is 0. The van der Waals surface area contributed by atoms with Crippen LogP contribution in [-0.4, -0.2) is 12.3 Å². The van der Waals surface area contributed by atoms with E-state index < -0.39 is 17.0 Å². The van der Waals surface area contributed by atoms with Gasteiger partial charge in [0, 0.05) is 0 Å². The van der Waals surface area contributed by atoms with Crippen molar-refractivity contribution in [2.75, 3.05) is 12.3 Å². The molecular formula is C12H14Cl2F3P. The van der Waals surface area contributed by atoms with Crippen molar-refractivity contribution in [1.29, 1.82) is 0 Å². The first kappa shape index (κ1) is 14.4. The van der Waals surface area contributed by atoms with Crippen molar-refractivity contribution in [2.45, 2.75) is 25.4 Å². The molecule has 0 radical (unpaired) electrons. The molecule has 2 rings (SSSR count). The Labute approximate surface area is 114 Å². The molecule has 0 N–H and O–H groups in total. The Morgan fingerprint density at radius 1 is 1.00 bits per heavy atom. The van der Waals surface area contributed by atoms with E-state index in [4.69, 9.17) is 22.5 Å². The molecule has 0 bridgehead atoms. The van der Waals surface area contributed by atoms with Crippen LogP contribution in [0.15, 0.2) is 24.3 Å². The van der Waals surface area contributed by atoms with Crippen molar-refractivity contribution in [3.05, 3.63) is 29.8 Å². The molecule has 0 spiro atoms. The summed E-state index contributed by atoms with van der Waals surface area (Å²) in [5, 5.41) is -2.67. The molecule has 0 aromatic heterocycles. The Balaban J connectivity index is 2.45. The van der Waals surface area contributed by atoms with E-state index in [9.17, 15) is 13.2 Å². The summed E-state index contributed by atoms with van der Waals surface area (Å²) in [6.45, 7) is 0. The first-order valence-electron chi connectivity index (χ1n) is 5.83. The van der Waals surface area contributed by atoms with E-state index >= 15 is 0 Å². The molecule has 18 heavy (non-hydrogen) atoms. The van der Waals surface area contributed by atoms with Crippen LogP contribution in [0.4, 0.5) is 13.2 Å². The van der Waals surface area contributed by atoms with Crippen molar-refractivity contribution < 1.29 is 13.2 Å². The molecule has 0 unspecified atom stereocenters. The maximum atomic E-state index is 12.7. The molecule has 0 aliphatic carbocycles. The predicted molar refractivity (Wildman–Crippen MR) is 73.3 cm³/mol. The van der Waals surface area contributed by atoms with Crippen LogP contribution in [0.2, 0.25) is 0 Å². The molecule has 1 saturated heterocycles. The van der Waals surface area contributed by atoms with Gasteiger partial charge in [-0.2, -0.15) is 0 Å². The molecule has 0 amide bonds. The van der Waals surface area contributed by atoms with E-state index in [-0.39, 0.29) is 0 Å². The third kappa shape index (κ3) is 2.79. The average Bonchev–Trinajstić information content (AvgIpc) is 2.28. The van der Waals surface area contributed by atoms with Crippen molar-refractivity contribution in [3.8, 4) is 0 Å². The second-order valence-electron chi connectivity index (χ2n) is 4.81. The number of halogens is 5. The zero-order valence-corrected chi connectivity index (χ0v) is 12.1. The van der Waals surface area contributed by atoms with Crippen LogP contribution in [0.3, 0.4) is 0 Å². The van der Waals surface area contributed by atoms with E-state index in [0.29, 0.717) is 17.6 Å².